The lowest BCUT2D eigenvalue weighted by Gasteiger charge is -2.24. The van der Waals surface area contributed by atoms with Crippen LogP contribution in [0.5, 0.6) is 0 Å². The van der Waals surface area contributed by atoms with Crippen molar-refractivity contribution in [2.24, 2.45) is 4.99 Å². The van der Waals surface area contributed by atoms with E-state index in [1.165, 1.54) is 27.7 Å². The minimum Gasteiger partial charge on any atom is -0.301 e. The van der Waals surface area contributed by atoms with Crippen LogP contribution in [0, 0.1) is 0 Å². The first-order chi connectivity index (χ1) is 7.53. The molecular weight excluding hydrogens is 258 g/mol. The summed E-state index contributed by atoms with van der Waals surface area (Å²) < 4.78 is 59.7. The van der Waals surface area contributed by atoms with E-state index in [4.69, 9.17) is 9.05 Å². The maximum absolute atomic E-state index is 12.7. The van der Waals surface area contributed by atoms with Crippen LogP contribution in [0.15, 0.2) is 4.99 Å². The first-order valence-corrected chi connectivity index (χ1v) is 6.58. The fourth-order valence-corrected chi connectivity index (χ4v) is 3.00. The van der Waals surface area contributed by atoms with Gasteiger partial charge in [-0.1, -0.05) is 0 Å². The van der Waals surface area contributed by atoms with E-state index < -0.39 is 31.4 Å². The van der Waals surface area contributed by atoms with Crippen LogP contribution in [-0.2, 0) is 13.6 Å². The molecule has 0 heterocycles. The van der Waals surface area contributed by atoms with Crippen LogP contribution in [0.4, 0.5) is 13.2 Å². The third-order valence-electron chi connectivity index (χ3n) is 1.42. The van der Waals surface area contributed by atoms with Gasteiger partial charge in [0.2, 0.25) is 5.45 Å². The van der Waals surface area contributed by atoms with E-state index in [-0.39, 0.29) is 0 Å². The smallest absolute Gasteiger partial charge is 0.301 e. The Morgan fingerprint density at radius 2 is 1.47 bits per heavy atom. The molecule has 0 fully saturated rings. The van der Waals surface area contributed by atoms with Crippen molar-refractivity contribution in [1.82, 2.24) is 0 Å². The third-order valence-corrected chi connectivity index (χ3v) is 3.79. The van der Waals surface area contributed by atoms with Crippen molar-refractivity contribution in [2.45, 2.75) is 46.1 Å². The molecule has 0 aromatic rings. The van der Waals surface area contributed by atoms with Crippen molar-refractivity contribution in [3.8, 4) is 0 Å². The molecule has 4 nitrogen and oxygen atoms in total. The Morgan fingerprint density at radius 3 is 1.65 bits per heavy atom. The van der Waals surface area contributed by atoms with Gasteiger partial charge in [-0.05, 0) is 27.7 Å². The predicted octanol–water partition coefficient (Wildman–Crippen LogP) is 3.62. The lowest BCUT2D eigenvalue weighted by Crippen LogP contribution is -2.27. The van der Waals surface area contributed by atoms with E-state index in [1.807, 2.05) is 0 Å². The molecule has 102 valence electrons. The third kappa shape index (κ3) is 5.19. The Kier molecular flexibility index (Phi) is 5.84. The second-order valence-corrected chi connectivity index (χ2v) is 5.69. The number of halogens is 3. The zero-order valence-electron chi connectivity index (χ0n) is 10.4. The minimum absolute atomic E-state index is 0.668. The molecule has 0 bridgehead atoms. The molecule has 0 aromatic heterocycles. The van der Waals surface area contributed by atoms with Gasteiger partial charge in [0.1, 0.15) is 0 Å². The van der Waals surface area contributed by atoms with Gasteiger partial charge in [0, 0.05) is 7.05 Å². The number of hydrogen-bond acceptors (Lipinski definition) is 4. The number of nitrogens with zero attached hydrogens (tertiary/aromatic N) is 1. The summed E-state index contributed by atoms with van der Waals surface area (Å²) in [6.07, 6.45) is -6.17. The Hall–Kier alpha value is -0.390. The van der Waals surface area contributed by atoms with Crippen LogP contribution in [-0.4, -0.2) is 30.9 Å². The van der Waals surface area contributed by atoms with Gasteiger partial charge < -0.3 is 9.05 Å². The average molecular weight is 275 g/mol. The molecule has 0 rings (SSSR count). The number of rotatable bonds is 5. The molecule has 8 heteroatoms. The second kappa shape index (κ2) is 5.98. The molecule has 0 saturated heterocycles. The molecule has 0 unspecified atom stereocenters. The molecule has 0 N–H and O–H groups in total. The standard InChI is InChI=1S/C9H17F3NO3P/c1-6(2)15-17(14,16-7(3)4)8(13-5)9(10,11)12/h6-7H,1-5H3. The van der Waals surface area contributed by atoms with Gasteiger partial charge in [0.05, 0.1) is 12.2 Å². The van der Waals surface area contributed by atoms with E-state index in [0.717, 1.165) is 7.05 Å². The summed E-state index contributed by atoms with van der Waals surface area (Å²) in [7, 11) is -3.53. The van der Waals surface area contributed by atoms with Crippen LogP contribution in [0.25, 0.3) is 0 Å². The van der Waals surface area contributed by atoms with Gasteiger partial charge in [0.15, 0.2) is 0 Å². The zero-order chi connectivity index (χ0) is 13.9. The Labute approximate surface area is 98.7 Å². The molecule has 0 atom stereocenters. The molecule has 17 heavy (non-hydrogen) atoms. The van der Waals surface area contributed by atoms with Crippen molar-refractivity contribution >= 4 is 13.0 Å². The van der Waals surface area contributed by atoms with Gasteiger partial charge >= 0.3 is 13.8 Å². The van der Waals surface area contributed by atoms with Crippen molar-refractivity contribution < 1.29 is 26.8 Å². The highest BCUT2D eigenvalue weighted by Crippen LogP contribution is 2.56. The number of aliphatic imine (C=N–C) groups is 1. The van der Waals surface area contributed by atoms with Crippen LogP contribution < -0.4 is 0 Å². The van der Waals surface area contributed by atoms with Crippen LogP contribution in [0.2, 0.25) is 0 Å². The monoisotopic (exact) mass is 275 g/mol. The maximum atomic E-state index is 12.7. The van der Waals surface area contributed by atoms with Gasteiger partial charge in [0.25, 0.3) is 0 Å². The molecule has 0 saturated carbocycles. The van der Waals surface area contributed by atoms with E-state index in [1.54, 1.807) is 0 Å². The lowest BCUT2D eigenvalue weighted by atomic mass is 10.5. The van der Waals surface area contributed by atoms with Gasteiger partial charge in [-0.2, -0.15) is 13.2 Å². The molecule has 0 radical (unpaired) electrons. The second-order valence-electron chi connectivity index (χ2n) is 3.85. The van der Waals surface area contributed by atoms with E-state index in [0.29, 0.717) is 0 Å². The SMILES string of the molecule is CN=C(C(F)(F)F)P(=O)(OC(C)C)OC(C)C. The normalized spacial score (nSPS) is 14.8. The van der Waals surface area contributed by atoms with Gasteiger partial charge in [-0.15, -0.1) is 0 Å². The molecule has 0 aliphatic heterocycles. The predicted molar refractivity (Wildman–Crippen MR) is 59.5 cm³/mol. The summed E-state index contributed by atoms with van der Waals surface area (Å²) in [4.78, 5) is 3.02. The zero-order valence-corrected chi connectivity index (χ0v) is 11.3. The molecule has 0 amide bonds. The van der Waals surface area contributed by atoms with Gasteiger partial charge in [-0.25, -0.2) is 0 Å². The highest BCUT2D eigenvalue weighted by atomic mass is 31.2. The van der Waals surface area contributed by atoms with Crippen molar-refractivity contribution in [2.75, 3.05) is 7.05 Å². The summed E-state index contributed by atoms with van der Waals surface area (Å²) in [5.41, 5.74) is -1.51. The topological polar surface area (TPSA) is 47.9 Å². The van der Waals surface area contributed by atoms with E-state index in [2.05, 4.69) is 4.99 Å². The number of hydrogen-bond donors (Lipinski definition) is 0. The molecule has 0 spiro atoms. The molecular formula is C9H17F3NO3P. The lowest BCUT2D eigenvalue weighted by molar-refractivity contribution is -0.0577. The highest BCUT2D eigenvalue weighted by Gasteiger charge is 2.50. The first kappa shape index (κ1) is 16.6. The quantitative estimate of drug-likeness (QED) is 0.568. The van der Waals surface area contributed by atoms with Crippen molar-refractivity contribution in [3.63, 3.8) is 0 Å². The largest absolute Gasteiger partial charge is 0.441 e. The Morgan fingerprint density at radius 1 is 1.12 bits per heavy atom. The van der Waals surface area contributed by atoms with Crippen molar-refractivity contribution in [3.05, 3.63) is 0 Å². The fourth-order valence-electron chi connectivity index (χ4n) is 1.08. The summed E-state index contributed by atoms with van der Waals surface area (Å²) in [6.45, 7) is 5.89. The van der Waals surface area contributed by atoms with Crippen LogP contribution in [0.3, 0.4) is 0 Å². The number of alkyl halides is 3. The van der Waals surface area contributed by atoms with E-state index in [9.17, 15) is 17.7 Å². The van der Waals surface area contributed by atoms with Crippen molar-refractivity contribution in [1.29, 1.82) is 0 Å². The molecule has 0 aromatic carbocycles. The summed E-state index contributed by atoms with van der Waals surface area (Å²) in [5, 5.41) is 0. The van der Waals surface area contributed by atoms with E-state index >= 15 is 0 Å². The van der Waals surface area contributed by atoms with Gasteiger partial charge in [-0.3, -0.25) is 9.56 Å². The summed E-state index contributed by atoms with van der Waals surface area (Å²) in [6, 6.07) is 0. The fraction of sp³-hybridized carbons (Fsp3) is 0.889. The average Bonchev–Trinajstić information content (AvgIpc) is 1.96. The minimum atomic E-state index is -4.84. The Bertz CT molecular complexity index is 312. The summed E-state index contributed by atoms with van der Waals surface area (Å²) in [5.74, 6) is 0. The van der Waals surface area contributed by atoms with Crippen LogP contribution >= 0.6 is 7.60 Å². The highest BCUT2D eigenvalue weighted by molar-refractivity contribution is 7.72. The Balaban J connectivity index is 5.38. The molecule has 0 aliphatic rings. The summed E-state index contributed by atoms with van der Waals surface area (Å²) >= 11 is 0. The van der Waals surface area contributed by atoms with Crippen LogP contribution in [0.1, 0.15) is 27.7 Å². The maximum Gasteiger partial charge on any atom is 0.441 e. The molecule has 0 aliphatic carbocycles. The first-order valence-electron chi connectivity index (χ1n) is 5.04.